The second-order valence-corrected chi connectivity index (χ2v) is 5.71. The van der Waals surface area contributed by atoms with Crippen LogP contribution in [0.5, 0.6) is 0 Å². The van der Waals surface area contributed by atoms with Crippen LogP contribution in [-0.4, -0.2) is 19.0 Å². The fourth-order valence-electron chi connectivity index (χ4n) is 1.23. The van der Waals surface area contributed by atoms with Gasteiger partial charge in [-0.2, -0.15) is 0 Å². The van der Waals surface area contributed by atoms with Gasteiger partial charge in [-0.05, 0) is 12.5 Å². The first-order valence-corrected chi connectivity index (χ1v) is 6.78. The maximum Gasteiger partial charge on any atom is 0.190 e. The Morgan fingerprint density at radius 3 is 2.75 bits per heavy atom. The highest BCUT2D eigenvalue weighted by Gasteiger charge is 2.13. The Morgan fingerprint density at radius 1 is 1.44 bits per heavy atom. The minimum Gasteiger partial charge on any atom is -0.373 e. The third kappa shape index (κ3) is 4.42. The van der Waals surface area contributed by atoms with Crippen LogP contribution in [0.3, 0.4) is 0 Å². The lowest BCUT2D eigenvalue weighted by atomic mass is 10.2. The van der Waals surface area contributed by atoms with Crippen LogP contribution >= 0.6 is 34.5 Å². The number of unbranched alkanes of at least 4 members (excludes halogenated alkanes) is 2. The molecule has 0 atom stereocenters. The van der Waals surface area contributed by atoms with E-state index in [0.29, 0.717) is 20.8 Å². The van der Waals surface area contributed by atoms with Gasteiger partial charge in [0.2, 0.25) is 0 Å². The van der Waals surface area contributed by atoms with Crippen LogP contribution in [0.1, 0.15) is 36.5 Å². The minimum atomic E-state index is -0.107. The molecule has 1 aromatic heterocycles. The van der Waals surface area contributed by atoms with Gasteiger partial charge in [-0.25, -0.2) is 0 Å². The number of ketones is 1. The van der Waals surface area contributed by atoms with Gasteiger partial charge in [0.05, 0.1) is 9.90 Å². The number of Topliss-reactive ketones (excluding diaryl/α,β-unsaturated/α-hetero) is 1. The zero-order valence-corrected chi connectivity index (χ0v) is 11.4. The van der Waals surface area contributed by atoms with E-state index in [9.17, 15) is 4.79 Å². The molecule has 0 bridgehead atoms. The Hall–Kier alpha value is -0.0900. The zero-order chi connectivity index (χ0) is 12.0. The molecule has 2 nitrogen and oxygen atoms in total. The smallest absolute Gasteiger partial charge is 0.190 e. The van der Waals surface area contributed by atoms with Crippen molar-refractivity contribution in [2.75, 3.05) is 13.2 Å². The molecule has 1 aromatic rings. The maximum absolute atomic E-state index is 11.7. The number of thiophene rings is 1. The van der Waals surface area contributed by atoms with E-state index in [-0.39, 0.29) is 12.4 Å². The number of rotatable bonds is 7. The summed E-state index contributed by atoms with van der Waals surface area (Å²) in [5.41, 5.74) is 0.465. The van der Waals surface area contributed by atoms with Crippen molar-refractivity contribution in [3.63, 3.8) is 0 Å². The molecule has 1 rings (SSSR count). The summed E-state index contributed by atoms with van der Waals surface area (Å²) < 4.78 is 6.23. The molecule has 5 heteroatoms. The van der Waals surface area contributed by atoms with E-state index in [1.54, 1.807) is 6.07 Å². The van der Waals surface area contributed by atoms with Crippen LogP contribution in [0.2, 0.25) is 8.67 Å². The fourth-order valence-corrected chi connectivity index (χ4v) is 2.73. The molecule has 0 amide bonds. The molecule has 0 spiro atoms. The lowest BCUT2D eigenvalue weighted by molar-refractivity contribution is 0.0753. The van der Waals surface area contributed by atoms with Gasteiger partial charge in [0, 0.05) is 6.61 Å². The SMILES string of the molecule is CCCCCOCC(=O)c1cc(Cl)sc1Cl. The number of hydrogen-bond acceptors (Lipinski definition) is 3. The average Bonchev–Trinajstić information content (AvgIpc) is 2.57. The molecule has 0 saturated carbocycles. The van der Waals surface area contributed by atoms with Crippen LogP contribution in [0.15, 0.2) is 6.07 Å². The predicted molar refractivity (Wildman–Crippen MR) is 69.0 cm³/mol. The first-order valence-electron chi connectivity index (χ1n) is 5.21. The highest BCUT2D eigenvalue weighted by Crippen LogP contribution is 2.31. The third-order valence-corrected chi connectivity index (χ3v) is 3.57. The standard InChI is InChI=1S/C11H14Cl2O2S/c1-2-3-4-5-15-7-9(14)8-6-10(12)16-11(8)13/h6H,2-5,7H2,1H3. The molecule has 0 radical (unpaired) electrons. The first-order chi connectivity index (χ1) is 7.65. The molecule has 16 heavy (non-hydrogen) atoms. The number of halogens is 2. The lowest BCUT2D eigenvalue weighted by Gasteiger charge is -2.02. The van der Waals surface area contributed by atoms with Gasteiger partial charge in [-0.3, -0.25) is 4.79 Å². The molecule has 0 aliphatic heterocycles. The summed E-state index contributed by atoms with van der Waals surface area (Å²) in [5.74, 6) is -0.107. The number of carbonyl (C=O) groups is 1. The largest absolute Gasteiger partial charge is 0.373 e. The van der Waals surface area contributed by atoms with E-state index in [1.165, 1.54) is 11.3 Å². The highest BCUT2D eigenvalue weighted by atomic mass is 35.5. The summed E-state index contributed by atoms with van der Waals surface area (Å²) in [7, 11) is 0. The van der Waals surface area contributed by atoms with E-state index < -0.39 is 0 Å². The van der Waals surface area contributed by atoms with Gasteiger partial charge < -0.3 is 4.74 Å². The van der Waals surface area contributed by atoms with E-state index in [2.05, 4.69) is 6.92 Å². The van der Waals surface area contributed by atoms with Gasteiger partial charge in [-0.15, -0.1) is 11.3 Å². The molecule has 0 saturated heterocycles. The predicted octanol–water partition coefficient (Wildman–Crippen LogP) is 4.44. The Bertz CT molecular complexity index is 350. The molecule has 0 aromatic carbocycles. The average molecular weight is 281 g/mol. The molecule has 1 heterocycles. The third-order valence-electron chi connectivity index (χ3n) is 2.08. The van der Waals surface area contributed by atoms with Crippen LogP contribution < -0.4 is 0 Å². The van der Waals surface area contributed by atoms with Crippen molar-refractivity contribution in [1.82, 2.24) is 0 Å². The summed E-state index contributed by atoms with van der Waals surface area (Å²) in [6.45, 7) is 2.82. The van der Waals surface area contributed by atoms with Gasteiger partial charge >= 0.3 is 0 Å². The zero-order valence-electron chi connectivity index (χ0n) is 9.09. The lowest BCUT2D eigenvalue weighted by Crippen LogP contribution is -2.09. The summed E-state index contributed by atoms with van der Waals surface area (Å²) in [6, 6.07) is 1.59. The van der Waals surface area contributed by atoms with Crippen molar-refractivity contribution < 1.29 is 9.53 Å². The quantitative estimate of drug-likeness (QED) is 0.545. The van der Waals surface area contributed by atoms with Gasteiger partial charge in [-0.1, -0.05) is 43.0 Å². The second-order valence-electron chi connectivity index (χ2n) is 3.42. The van der Waals surface area contributed by atoms with Crippen molar-refractivity contribution in [3.05, 3.63) is 20.3 Å². The molecule has 0 unspecified atom stereocenters. The molecule has 0 aliphatic rings. The monoisotopic (exact) mass is 280 g/mol. The van der Waals surface area contributed by atoms with Crippen molar-refractivity contribution in [3.8, 4) is 0 Å². The summed E-state index contributed by atoms with van der Waals surface area (Å²) in [4.78, 5) is 11.7. The Morgan fingerprint density at radius 2 is 2.19 bits per heavy atom. The van der Waals surface area contributed by atoms with Crippen LogP contribution in [0.4, 0.5) is 0 Å². The second kappa shape index (κ2) is 7.28. The molecule has 0 aliphatic carbocycles. The first kappa shape index (κ1) is 14.0. The summed E-state index contributed by atoms with van der Waals surface area (Å²) >= 11 is 12.8. The van der Waals surface area contributed by atoms with Crippen molar-refractivity contribution >= 4 is 40.3 Å². The number of ether oxygens (including phenoxy) is 1. The molecular weight excluding hydrogens is 267 g/mol. The Labute approximate surface area is 110 Å². The molecule has 90 valence electrons. The van der Waals surface area contributed by atoms with Crippen LogP contribution in [0, 0.1) is 0 Å². The Kier molecular flexibility index (Phi) is 6.36. The fraction of sp³-hybridized carbons (Fsp3) is 0.545. The highest BCUT2D eigenvalue weighted by molar-refractivity contribution is 7.20. The summed E-state index contributed by atoms with van der Waals surface area (Å²) in [6.07, 6.45) is 3.25. The van der Waals surface area contributed by atoms with E-state index in [1.807, 2.05) is 0 Å². The van der Waals surface area contributed by atoms with Crippen LogP contribution in [-0.2, 0) is 4.74 Å². The van der Waals surface area contributed by atoms with E-state index in [0.717, 1.165) is 19.3 Å². The Balaban J connectivity index is 2.33. The van der Waals surface area contributed by atoms with Crippen molar-refractivity contribution in [2.45, 2.75) is 26.2 Å². The van der Waals surface area contributed by atoms with Crippen LogP contribution in [0.25, 0.3) is 0 Å². The number of hydrogen-bond donors (Lipinski definition) is 0. The van der Waals surface area contributed by atoms with Gasteiger partial charge in [0.25, 0.3) is 0 Å². The molecule has 0 N–H and O–H groups in total. The van der Waals surface area contributed by atoms with Crippen molar-refractivity contribution in [1.29, 1.82) is 0 Å². The van der Waals surface area contributed by atoms with Gasteiger partial charge in [0.15, 0.2) is 5.78 Å². The van der Waals surface area contributed by atoms with Crippen molar-refractivity contribution in [2.24, 2.45) is 0 Å². The van der Waals surface area contributed by atoms with E-state index in [4.69, 9.17) is 27.9 Å². The van der Waals surface area contributed by atoms with E-state index >= 15 is 0 Å². The topological polar surface area (TPSA) is 26.3 Å². The molecular formula is C11H14Cl2O2S. The molecule has 0 fully saturated rings. The number of carbonyl (C=O) groups excluding carboxylic acids is 1. The normalized spacial score (nSPS) is 10.7. The summed E-state index contributed by atoms with van der Waals surface area (Å²) in [5, 5.41) is 0. The minimum absolute atomic E-state index is 0.0799. The van der Waals surface area contributed by atoms with Gasteiger partial charge in [0.1, 0.15) is 10.9 Å². The maximum atomic E-state index is 11.7.